The van der Waals surface area contributed by atoms with Crippen LogP contribution in [0.25, 0.3) is 0 Å². The Morgan fingerprint density at radius 3 is 2.52 bits per heavy atom. The maximum absolute atomic E-state index is 12.7. The van der Waals surface area contributed by atoms with Crippen LogP contribution in [0.4, 0.5) is 5.13 Å². The molecule has 2 aliphatic rings. The van der Waals surface area contributed by atoms with Crippen LogP contribution < -0.4 is 4.90 Å². The zero-order valence-electron chi connectivity index (χ0n) is 13.4. The van der Waals surface area contributed by atoms with Crippen molar-refractivity contribution in [2.75, 3.05) is 31.1 Å². The van der Waals surface area contributed by atoms with Crippen molar-refractivity contribution in [2.24, 2.45) is 11.8 Å². The van der Waals surface area contributed by atoms with Crippen LogP contribution >= 0.6 is 11.3 Å². The van der Waals surface area contributed by atoms with E-state index in [9.17, 15) is 14.7 Å². The van der Waals surface area contributed by atoms with E-state index in [-0.39, 0.29) is 17.7 Å². The third-order valence-electron chi connectivity index (χ3n) is 4.84. The van der Waals surface area contributed by atoms with Crippen molar-refractivity contribution in [1.82, 2.24) is 9.88 Å². The zero-order valence-corrected chi connectivity index (χ0v) is 14.2. The number of piperazine rings is 1. The van der Waals surface area contributed by atoms with E-state index in [1.54, 1.807) is 11.3 Å². The van der Waals surface area contributed by atoms with E-state index in [4.69, 9.17) is 0 Å². The number of carbonyl (C=O) groups is 2. The normalized spacial score (nSPS) is 25.4. The van der Waals surface area contributed by atoms with E-state index in [1.807, 2.05) is 17.2 Å². The van der Waals surface area contributed by atoms with E-state index < -0.39 is 5.97 Å². The standard InChI is InChI=1S/C16H23N3O3S/c1-11-10-23-16(17-11)19-7-5-18(6-8-19)14(20)12-3-2-4-13(9-12)15(21)22/h10,12-13H,2-9H2,1H3,(H,21,22)/t12-,13+/m1/s1. The Bertz CT molecular complexity index is 581. The summed E-state index contributed by atoms with van der Waals surface area (Å²) in [7, 11) is 0. The lowest BCUT2D eigenvalue weighted by molar-refractivity contribution is -0.145. The summed E-state index contributed by atoms with van der Waals surface area (Å²) >= 11 is 1.64. The number of thiazole rings is 1. The molecule has 23 heavy (non-hydrogen) atoms. The summed E-state index contributed by atoms with van der Waals surface area (Å²) in [5.74, 6) is -1.08. The van der Waals surface area contributed by atoms with Crippen molar-refractivity contribution < 1.29 is 14.7 Å². The Morgan fingerprint density at radius 1 is 1.22 bits per heavy atom. The van der Waals surface area contributed by atoms with Gasteiger partial charge in [-0.3, -0.25) is 9.59 Å². The minimum Gasteiger partial charge on any atom is -0.481 e. The molecule has 1 saturated heterocycles. The Balaban J connectivity index is 1.54. The Morgan fingerprint density at radius 2 is 1.91 bits per heavy atom. The summed E-state index contributed by atoms with van der Waals surface area (Å²) in [5, 5.41) is 12.2. The van der Waals surface area contributed by atoms with Gasteiger partial charge in [0.1, 0.15) is 0 Å². The predicted octanol–water partition coefficient (Wildman–Crippen LogP) is 1.99. The molecule has 0 bridgehead atoms. The number of amides is 1. The van der Waals surface area contributed by atoms with E-state index in [2.05, 4.69) is 9.88 Å². The zero-order chi connectivity index (χ0) is 16.4. The van der Waals surface area contributed by atoms with Crippen molar-refractivity contribution in [3.8, 4) is 0 Å². The van der Waals surface area contributed by atoms with Crippen LogP contribution in [-0.4, -0.2) is 53.0 Å². The summed E-state index contributed by atoms with van der Waals surface area (Å²) in [6.45, 7) is 4.99. The molecule has 0 radical (unpaired) electrons. The van der Waals surface area contributed by atoms with Crippen molar-refractivity contribution in [3.63, 3.8) is 0 Å². The molecule has 0 aromatic carbocycles. The number of aliphatic carboxylic acids is 1. The number of hydrogen-bond acceptors (Lipinski definition) is 5. The number of aromatic nitrogens is 1. The second kappa shape index (κ2) is 6.86. The van der Waals surface area contributed by atoms with Gasteiger partial charge in [0.2, 0.25) is 5.91 Å². The average Bonchev–Trinajstić information content (AvgIpc) is 3.01. The molecule has 0 unspecified atom stereocenters. The number of anilines is 1. The smallest absolute Gasteiger partial charge is 0.306 e. The van der Waals surface area contributed by atoms with Gasteiger partial charge in [-0.15, -0.1) is 11.3 Å². The number of aryl methyl sites for hydroxylation is 1. The second-order valence-corrected chi connectivity index (χ2v) is 7.32. The molecule has 1 aromatic rings. The van der Waals surface area contributed by atoms with Gasteiger partial charge in [0.05, 0.1) is 11.6 Å². The van der Waals surface area contributed by atoms with Crippen LogP contribution in [0.3, 0.4) is 0 Å². The third-order valence-corrected chi connectivity index (χ3v) is 5.86. The fourth-order valence-electron chi connectivity index (χ4n) is 3.50. The van der Waals surface area contributed by atoms with Crippen LogP contribution in [0.2, 0.25) is 0 Å². The van der Waals surface area contributed by atoms with Gasteiger partial charge in [-0.1, -0.05) is 6.42 Å². The largest absolute Gasteiger partial charge is 0.481 e. The molecule has 2 heterocycles. The van der Waals surface area contributed by atoms with Gasteiger partial charge in [0, 0.05) is 37.5 Å². The van der Waals surface area contributed by atoms with Crippen LogP contribution in [0.5, 0.6) is 0 Å². The quantitative estimate of drug-likeness (QED) is 0.913. The molecule has 1 aromatic heterocycles. The fourth-order valence-corrected chi connectivity index (χ4v) is 4.36. The Labute approximate surface area is 140 Å². The van der Waals surface area contributed by atoms with Crippen molar-refractivity contribution in [2.45, 2.75) is 32.6 Å². The maximum atomic E-state index is 12.7. The molecule has 2 fully saturated rings. The van der Waals surface area contributed by atoms with Crippen LogP contribution in [0.1, 0.15) is 31.4 Å². The van der Waals surface area contributed by atoms with Gasteiger partial charge in [-0.05, 0) is 26.2 Å². The lowest BCUT2D eigenvalue weighted by Gasteiger charge is -2.37. The monoisotopic (exact) mass is 337 g/mol. The second-order valence-electron chi connectivity index (χ2n) is 6.48. The number of carboxylic acids is 1. The van der Waals surface area contributed by atoms with E-state index in [0.717, 1.165) is 36.8 Å². The lowest BCUT2D eigenvalue weighted by Crippen LogP contribution is -2.51. The molecule has 1 aliphatic carbocycles. The van der Waals surface area contributed by atoms with Gasteiger partial charge >= 0.3 is 5.97 Å². The summed E-state index contributed by atoms with van der Waals surface area (Å²) in [5.41, 5.74) is 1.03. The average molecular weight is 337 g/mol. The molecule has 126 valence electrons. The first-order valence-corrected chi connectivity index (χ1v) is 9.11. The molecule has 0 spiro atoms. The first kappa shape index (κ1) is 16.2. The molecular formula is C16H23N3O3S. The highest BCUT2D eigenvalue weighted by atomic mass is 32.1. The van der Waals surface area contributed by atoms with Gasteiger partial charge < -0.3 is 14.9 Å². The maximum Gasteiger partial charge on any atom is 0.306 e. The number of hydrogen-bond donors (Lipinski definition) is 1. The molecule has 3 rings (SSSR count). The summed E-state index contributed by atoms with van der Waals surface area (Å²) < 4.78 is 0. The summed E-state index contributed by atoms with van der Waals surface area (Å²) in [6.07, 6.45) is 2.87. The van der Waals surface area contributed by atoms with Gasteiger partial charge in [-0.25, -0.2) is 4.98 Å². The first-order chi connectivity index (χ1) is 11.0. The minimum atomic E-state index is -0.758. The van der Waals surface area contributed by atoms with Crippen molar-refractivity contribution in [1.29, 1.82) is 0 Å². The SMILES string of the molecule is Cc1csc(N2CCN(C(=O)[C@@H]3CCC[C@H](C(=O)O)C3)CC2)n1. The molecule has 2 atom stereocenters. The van der Waals surface area contributed by atoms with Crippen molar-refractivity contribution in [3.05, 3.63) is 11.1 Å². The Hall–Kier alpha value is -1.63. The van der Waals surface area contributed by atoms with Crippen LogP contribution in [0, 0.1) is 18.8 Å². The Kier molecular flexibility index (Phi) is 4.84. The first-order valence-electron chi connectivity index (χ1n) is 8.23. The van der Waals surface area contributed by atoms with Crippen LogP contribution in [0.15, 0.2) is 5.38 Å². The number of rotatable bonds is 3. The summed E-state index contributed by atoms with van der Waals surface area (Å²) in [6, 6.07) is 0. The third kappa shape index (κ3) is 3.65. The minimum absolute atomic E-state index is 0.112. The number of carbonyl (C=O) groups excluding carboxylic acids is 1. The highest BCUT2D eigenvalue weighted by molar-refractivity contribution is 7.13. The lowest BCUT2D eigenvalue weighted by atomic mass is 9.80. The fraction of sp³-hybridized carbons (Fsp3) is 0.688. The van der Waals surface area contributed by atoms with Gasteiger partial charge in [0.25, 0.3) is 0 Å². The molecule has 1 saturated carbocycles. The molecule has 6 nitrogen and oxygen atoms in total. The highest BCUT2D eigenvalue weighted by Crippen LogP contribution is 2.31. The molecular weight excluding hydrogens is 314 g/mol. The predicted molar refractivity (Wildman–Crippen MR) is 88.7 cm³/mol. The molecule has 1 amide bonds. The molecule has 7 heteroatoms. The molecule has 1 N–H and O–H groups in total. The van der Waals surface area contributed by atoms with Gasteiger partial charge in [-0.2, -0.15) is 0 Å². The topological polar surface area (TPSA) is 73.7 Å². The van der Waals surface area contributed by atoms with E-state index in [1.165, 1.54) is 0 Å². The number of nitrogens with zero attached hydrogens (tertiary/aromatic N) is 3. The highest BCUT2D eigenvalue weighted by Gasteiger charge is 2.34. The van der Waals surface area contributed by atoms with Crippen LogP contribution in [-0.2, 0) is 9.59 Å². The number of carboxylic acid groups (broad SMARTS) is 1. The van der Waals surface area contributed by atoms with Crippen molar-refractivity contribution >= 4 is 28.3 Å². The van der Waals surface area contributed by atoms with E-state index >= 15 is 0 Å². The van der Waals surface area contributed by atoms with Gasteiger partial charge in [0.15, 0.2) is 5.13 Å². The summed E-state index contributed by atoms with van der Waals surface area (Å²) in [4.78, 5) is 32.5. The molecule has 1 aliphatic heterocycles. The van der Waals surface area contributed by atoms with E-state index in [0.29, 0.717) is 25.9 Å².